The fraction of sp³-hybridized carbons (Fsp3) is 0.333. The number of esters is 1. The molecule has 0 bridgehead atoms. The predicted molar refractivity (Wildman–Crippen MR) is 75.5 cm³/mol. The zero-order chi connectivity index (χ0) is 15.8. The minimum Gasteiger partial charge on any atom is -0.481 e. The summed E-state index contributed by atoms with van der Waals surface area (Å²) in [5.74, 6) is 5.57. The molecule has 0 unspecified atom stereocenters. The maximum absolute atomic E-state index is 11.2. The van der Waals surface area contributed by atoms with Crippen LogP contribution in [0.25, 0.3) is 0 Å². The summed E-state index contributed by atoms with van der Waals surface area (Å²) >= 11 is 0. The number of rotatable bonds is 4. The van der Waals surface area contributed by atoms with Gasteiger partial charge in [0, 0.05) is 6.07 Å². The van der Waals surface area contributed by atoms with Gasteiger partial charge in [-0.25, -0.2) is 4.79 Å². The Morgan fingerprint density at radius 1 is 1.27 bits per heavy atom. The van der Waals surface area contributed by atoms with Crippen molar-refractivity contribution < 1.29 is 28.5 Å². The third-order valence-electron chi connectivity index (χ3n) is 2.58. The Hall–Kier alpha value is -2.88. The van der Waals surface area contributed by atoms with Gasteiger partial charge in [-0.2, -0.15) is 0 Å². The predicted octanol–water partition coefficient (Wildman–Crippen LogP) is 0.477. The van der Waals surface area contributed by atoms with Gasteiger partial charge in [0.05, 0.1) is 13.2 Å². The van der Waals surface area contributed by atoms with Crippen LogP contribution in [0.4, 0.5) is 0 Å². The van der Waals surface area contributed by atoms with Gasteiger partial charge in [-0.05, 0) is 19.1 Å². The largest absolute Gasteiger partial charge is 0.481 e. The number of hydrogen-bond acceptors (Lipinski definition) is 6. The molecule has 116 valence electrons. The van der Waals surface area contributed by atoms with Gasteiger partial charge in [0.2, 0.25) is 6.79 Å². The molecule has 0 spiro atoms. The average molecular weight is 305 g/mol. The van der Waals surface area contributed by atoms with Crippen LogP contribution in [0.1, 0.15) is 6.92 Å². The molecule has 1 heterocycles. The Morgan fingerprint density at radius 3 is 2.91 bits per heavy atom. The quantitative estimate of drug-likeness (QED) is 0.495. The molecule has 1 aromatic rings. The molecule has 0 saturated carbocycles. The third-order valence-corrected chi connectivity index (χ3v) is 2.58. The highest BCUT2D eigenvalue weighted by molar-refractivity contribution is 6.32. The van der Waals surface area contributed by atoms with E-state index in [0.717, 1.165) is 0 Å². The van der Waals surface area contributed by atoms with Crippen molar-refractivity contribution in [2.75, 3.05) is 26.6 Å². The number of fused-ring (bicyclic) bond motifs is 1. The summed E-state index contributed by atoms with van der Waals surface area (Å²) in [4.78, 5) is 22.2. The first kappa shape index (κ1) is 15.5. The third kappa shape index (κ3) is 4.31. The summed E-state index contributed by atoms with van der Waals surface area (Å²) in [5, 5.41) is 2.32. The van der Waals surface area contributed by atoms with Crippen molar-refractivity contribution in [2.45, 2.75) is 6.92 Å². The minimum atomic E-state index is -0.916. The lowest BCUT2D eigenvalue weighted by atomic mass is 10.3. The highest BCUT2D eigenvalue weighted by atomic mass is 16.7. The maximum Gasteiger partial charge on any atom is 0.396 e. The Morgan fingerprint density at radius 2 is 2.09 bits per heavy atom. The number of nitrogens with one attached hydrogen (secondary N) is 1. The fourth-order valence-electron chi connectivity index (χ4n) is 1.59. The van der Waals surface area contributed by atoms with Crippen molar-refractivity contribution in [3.05, 3.63) is 18.2 Å². The van der Waals surface area contributed by atoms with Gasteiger partial charge in [-0.1, -0.05) is 11.8 Å². The van der Waals surface area contributed by atoms with E-state index in [1.54, 1.807) is 25.1 Å². The minimum absolute atomic E-state index is 0.0438. The summed E-state index contributed by atoms with van der Waals surface area (Å²) in [6.45, 7) is 2.18. The van der Waals surface area contributed by atoms with E-state index in [9.17, 15) is 9.59 Å². The number of ether oxygens (including phenoxy) is 4. The molecule has 22 heavy (non-hydrogen) atoms. The summed E-state index contributed by atoms with van der Waals surface area (Å²) < 4.78 is 20.4. The Bertz CT molecular complexity index is 616. The SMILES string of the molecule is CCOC(=O)C(=O)NCC#CCOc1ccc2c(c1)OCO2. The van der Waals surface area contributed by atoms with E-state index in [-0.39, 0.29) is 26.6 Å². The van der Waals surface area contributed by atoms with Crippen molar-refractivity contribution in [1.82, 2.24) is 5.32 Å². The maximum atomic E-state index is 11.2. The monoisotopic (exact) mass is 305 g/mol. The Balaban J connectivity index is 1.69. The van der Waals surface area contributed by atoms with Crippen LogP contribution in [-0.2, 0) is 14.3 Å². The normalized spacial score (nSPS) is 11.1. The summed E-state index contributed by atoms with van der Waals surface area (Å²) in [6, 6.07) is 5.22. The molecule has 7 nitrogen and oxygen atoms in total. The first-order valence-corrected chi connectivity index (χ1v) is 6.64. The lowest BCUT2D eigenvalue weighted by molar-refractivity contribution is -0.154. The summed E-state index contributed by atoms with van der Waals surface area (Å²) in [7, 11) is 0. The average Bonchev–Trinajstić information content (AvgIpc) is 2.98. The van der Waals surface area contributed by atoms with E-state index >= 15 is 0 Å². The number of amides is 1. The van der Waals surface area contributed by atoms with Gasteiger partial charge in [0.15, 0.2) is 11.5 Å². The molecular formula is C15H15NO6. The standard InChI is InChI=1S/C15H15NO6/c1-2-19-15(18)14(17)16-7-3-4-8-20-11-5-6-12-13(9-11)22-10-21-12/h5-6,9H,2,7-8,10H2,1H3,(H,16,17). The first-order valence-electron chi connectivity index (χ1n) is 6.64. The number of benzene rings is 1. The topological polar surface area (TPSA) is 83.1 Å². The number of carbonyl (C=O) groups is 2. The molecule has 1 N–H and O–H groups in total. The zero-order valence-corrected chi connectivity index (χ0v) is 12.0. The van der Waals surface area contributed by atoms with E-state index in [1.807, 2.05) is 0 Å². The molecule has 0 aromatic heterocycles. The van der Waals surface area contributed by atoms with Crippen molar-refractivity contribution in [2.24, 2.45) is 0 Å². The van der Waals surface area contributed by atoms with Gasteiger partial charge in [-0.3, -0.25) is 4.79 Å². The van der Waals surface area contributed by atoms with Crippen LogP contribution in [0.3, 0.4) is 0 Å². The van der Waals surface area contributed by atoms with Crippen LogP contribution in [0.15, 0.2) is 18.2 Å². The van der Waals surface area contributed by atoms with Gasteiger partial charge >= 0.3 is 11.9 Å². The molecular weight excluding hydrogens is 290 g/mol. The molecule has 0 atom stereocenters. The highest BCUT2D eigenvalue weighted by Crippen LogP contribution is 2.34. The van der Waals surface area contributed by atoms with E-state index in [4.69, 9.17) is 14.2 Å². The molecule has 0 radical (unpaired) electrons. The van der Waals surface area contributed by atoms with E-state index in [2.05, 4.69) is 21.9 Å². The van der Waals surface area contributed by atoms with Crippen molar-refractivity contribution in [3.8, 4) is 29.1 Å². The van der Waals surface area contributed by atoms with Gasteiger partial charge in [-0.15, -0.1) is 0 Å². The highest BCUT2D eigenvalue weighted by Gasteiger charge is 2.13. The second-order valence-electron chi connectivity index (χ2n) is 4.06. The van der Waals surface area contributed by atoms with Crippen LogP contribution in [-0.4, -0.2) is 38.4 Å². The van der Waals surface area contributed by atoms with Crippen molar-refractivity contribution >= 4 is 11.9 Å². The lowest BCUT2D eigenvalue weighted by Gasteiger charge is -2.03. The molecule has 1 aliphatic heterocycles. The smallest absolute Gasteiger partial charge is 0.396 e. The molecule has 1 aliphatic rings. The molecule has 2 rings (SSSR count). The number of hydrogen-bond donors (Lipinski definition) is 1. The molecule has 1 amide bonds. The zero-order valence-electron chi connectivity index (χ0n) is 12.0. The van der Waals surface area contributed by atoms with E-state index in [1.165, 1.54) is 0 Å². The molecule has 0 saturated heterocycles. The molecule has 1 aromatic carbocycles. The second kappa shape index (κ2) is 7.78. The number of carbonyl (C=O) groups excluding carboxylic acids is 2. The van der Waals surface area contributed by atoms with E-state index < -0.39 is 11.9 Å². The Labute approximate surface area is 127 Å². The van der Waals surface area contributed by atoms with Crippen LogP contribution in [0, 0.1) is 11.8 Å². The fourth-order valence-corrected chi connectivity index (χ4v) is 1.59. The van der Waals surface area contributed by atoms with Crippen molar-refractivity contribution in [3.63, 3.8) is 0 Å². The molecule has 0 aliphatic carbocycles. The van der Waals surface area contributed by atoms with Gasteiger partial charge in [0.1, 0.15) is 12.4 Å². The Kier molecular flexibility index (Phi) is 5.49. The van der Waals surface area contributed by atoms with Crippen LogP contribution < -0.4 is 19.5 Å². The lowest BCUT2D eigenvalue weighted by Crippen LogP contribution is -2.32. The molecule has 0 fully saturated rings. The van der Waals surface area contributed by atoms with Crippen LogP contribution >= 0.6 is 0 Å². The first-order chi connectivity index (χ1) is 10.7. The molecule has 7 heteroatoms. The van der Waals surface area contributed by atoms with Crippen LogP contribution in [0.5, 0.6) is 17.2 Å². The summed E-state index contributed by atoms with van der Waals surface area (Å²) in [5.41, 5.74) is 0. The van der Waals surface area contributed by atoms with Gasteiger partial charge in [0.25, 0.3) is 0 Å². The second-order valence-corrected chi connectivity index (χ2v) is 4.06. The van der Waals surface area contributed by atoms with Crippen molar-refractivity contribution in [1.29, 1.82) is 0 Å². The summed E-state index contributed by atoms with van der Waals surface area (Å²) in [6.07, 6.45) is 0. The van der Waals surface area contributed by atoms with Crippen LogP contribution in [0.2, 0.25) is 0 Å². The van der Waals surface area contributed by atoms with Gasteiger partial charge < -0.3 is 24.3 Å². The van der Waals surface area contributed by atoms with E-state index in [0.29, 0.717) is 17.2 Å².